The fraction of sp³-hybridized carbons (Fsp3) is 0.212. The molecule has 0 spiro atoms. The molecule has 0 saturated heterocycles. The standard InChI is InChI=1S/C33H28FN5O3/c1-39-29-15-22(33(40)41-2)10-11-28(29)38-32(39)16-24-14-26(34)25-17-30(24)42-12-4-5-21-13-20(18-35)8-9-23(21)19-36-31-7-3-6-27(25)37-31/h3,6-11,13-15,17H,4-5,12,16,19H2,1-2H3,(H,36,37). The molecule has 42 heavy (non-hydrogen) atoms. The summed E-state index contributed by atoms with van der Waals surface area (Å²) in [6.45, 7) is 0.935. The Labute approximate surface area is 242 Å². The lowest BCUT2D eigenvalue weighted by Crippen LogP contribution is -2.09. The summed E-state index contributed by atoms with van der Waals surface area (Å²) in [5.74, 6) is 1.04. The molecule has 5 aromatic rings. The molecule has 0 amide bonds. The number of hydrogen-bond acceptors (Lipinski definition) is 7. The number of imidazole rings is 1. The van der Waals surface area contributed by atoms with Gasteiger partial charge in [0.25, 0.3) is 0 Å². The number of anilines is 1. The Morgan fingerprint density at radius 2 is 2.00 bits per heavy atom. The van der Waals surface area contributed by atoms with Gasteiger partial charge in [0.15, 0.2) is 0 Å². The number of carbonyl (C=O) groups is 1. The summed E-state index contributed by atoms with van der Waals surface area (Å²) < 4.78 is 28.7. The van der Waals surface area contributed by atoms with Gasteiger partial charge in [0.2, 0.25) is 0 Å². The number of ether oxygens (including phenoxy) is 2. The molecule has 8 nitrogen and oxygen atoms in total. The minimum atomic E-state index is -0.424. The maximum Gasteiger partial charge on any atom is 0.337 e. The van der Waals surface area contributed by atoms with Crippen molar-refractivity contribution in [1.82, 2.24) is 14.5 Å². The summed E-state index contributed by atoms with van der Waals surface area (Å²) in [5, 5.41) is 12.8. The molecule has 1 aliphatic rings. The fourth-order valence-corrected chi connectivity index (χ4v) is 5.29. The zero-order valence-corrected chi connectivity index (χ0v) is 23.3. The Hall–Kier alpha value is -5.23. The second kappa shape index (κ2) is 11.3. The van der Waals surface area contributed by atoms with Gasteiger partial charge in [0, 0.05) is 31.1 Å². The lowest BCUT2D eigenvalue weighted by molar-refractivity contribution is 0.0601. The van der Waals surface area contributed by atoms with E-state index in [4.69, 9.17) is 14.5 Å². The van der Waals surface area contributed by atoms with Crippen molar-refractivity contribution in [2.45, 2.75) is 25.8 Å². The highest BCUT2D eigenvalue weighted by Gasteiger charge is 2.19. The van der Waals surface area contributed by atoms with Crippen molar-refractivity contribution < 1.29 is 18.7 Å². The Morgan fingerprint density at radius 1 is 1.12 bits per heavy atom. The van der Waals surface area contributed by atoms with Crippen LogP contribution in [0.3, 0.4) is 0 Å². The number of carbonyl (C=O) groups excluding carboxylic acids is 1. The van der Waals surface area contributed by atoms with Crippen molar-refractivity contribution in [3.63, 3.8) is 0 Å². The molecule has 6 rings (SSSR count). The second-order valence-electron chi connectivity index (χ2n) is 10.2. The predicted octanol–water partition coefficient (Wildman–Crippen LogP) is 5.96. The summed E-state index contributed by atoms with van der Waals surface area (Å²) in [7, 11) is 3.21. The van der Waals surface area contributed by atoms with E-state index in [1.807, 2.05) is 41.9 Å². The Kier molecular flexibility index (Phi) is 7.28. The molecule has 3 aromatic carbocycles. The molecule has 0 atom stereocenters. The van der Waals surface area contributed by atoms with E-state index < -0.39 is 11.8 Å². The maximum atomic E-state index is 15.7. The topological polar surface area (TPSA) is 102 Å². The highest BCUT2D eigenvalue weighted by molar-refractivity contribution is 5.93. The van der Waals surface area contributed by atoms with Crippen molar-refractivity contribution in [2.24, 2.45) is 7.05 Å². The van der Waals surface area contributed by atoms with E-state index in [1.54, 1.807) is 30.3 Å². The summed E-state index contributed by atoms with van der Waals surface area (Å²) in [6.07, 6.45) is 1.74. The van der Waals surface area contributed by atoms with Crippen LogP contribution in [0.5, 0.6) is 5.75 Å². The third-order valence-electron chi connectivity index (χ3n) is 7.56. The molecule has 0 aliphatic carbocycles. The highest BCUT2D eigenvalue weighted by Crippen LogP contribution is 2.33. The summed E-state index contributed by atoms with van der Waals surface area (Å²) in [5.41, 5.74) is 6.17. The monoisotopic (exact) mass is 561 g/mol. The van der Waals surface area contributed by atoms with E-state index in [9.17, 15) is 10.1 Å². The number of methoxy groups -OCH3 is 1. The van der Waals surface area contributed by atoms with Crippen LogP contribution in [-0.4, -0.2) is 34.2 Å². The highest BCUT2D eigenvalue weighted by atomic mass is 19.1. The number of aromatic nitrogens is 3. The minimum Gasteiger partial charge on any atom is -0.493 e. The molecule has 3 heterocycles. The van der Waals surface area contributed by atoms with Gasteiger partial charge in [-0.15, -0.1) is 0 Å². The molecular weight excluding hydrogens is 533 g/mol. The van der Waals surface area contributed by atoms with Gasteiger partial charge in [-0.25, -0.2) is 19.2 Å². The van der Waals surface area contributed by atoms with Crippen LogP contribution in [0.25, 0.3) is 22.3 Å². The average Bonchev–Trinajstić information content (AvgIpc) is 3.32. The molecule has 0 saturated carbocycles. The summed E-state index contributed by atoms with van der Waals surface area (Å²) in [4.78, 5) is 21.5. The van der Waals surface area contributed by atoms with Crippen LogP contribution in [0.15, 0.2) is 66.7 Å². The largest absolute Gasteiger partial charge is 0.493 e. The number of benzene rings is 3. The van der Waals surface area contributed by atoms with Crippen molar-refractivity contribution in [2.75, 3.05) is 19.0 Å². The van der Waals surface area contributed by atoms with E-state index in [2.05, 4.69) is 16.4 Å². The van der Waals surface area contributed by atoms with Crippen LogP contribution >= 0.6 is 0 Å². The SMILES string of the molecule is COC(=O)c1ccc2nc(Cc3cc(F)c4cc3OCCCc3cc(C#N)ccc3CNc3cccc-4n3)n(C)c2c1. The van der Waals surface area contributed by atoms with Crippen molar-refractivity contribution >= 4 is 22.8 Å². The van der Waals surface area contributed by atoms with Gasteiger partial charge in [0.05, 0.1) is 47.6 Å². The lowest BCUT2D eigenvalue weighted by atomic mass is 10.00. The number of halogens is 1. The second-order valence-corrected chi connectivity index (χ2v) is 10.2. The number of nitrogens with zero attached hydrogens (tertiary/aromatic N) is 4. The fourth-order valence-electron chi connectivity index (χ4n) is 5.29. The van der Waals surface area contributed by atoms with E-state index >= 15 is 4.39 Å². The molecule has 4 bridgehead atoms. The zero-order valence-electron chi connectivity index (χ0n) is 23.3. The van der Waals surface area contributed by atoms with Crippen LogP contribution in [-0.2, 0) is 31.2 Å². The number of hydrogen-bond donors (Lipinski definition) is 1. The lowest BCUT2D eigenvalue weighted by Gasteiger charge is -2.17. The van der Waals surface area contributed by atoms with E-state index in [-0.39, 0.29) is 0 Å². The normalized spacial score (nSPS) is 12.8. The number of nitrogens with one attached hydrogen (secondary N) is 1. The number of esters is 1. The number of aryl methyl sites for hydroxylation is 2. The minimum absolute atomic E-state index is 0.314. The maximum absolute atomic E-state index is 15.7. The van der Waals surface area contributed by atoms with Crippen LogP contribution in [0.4, 0.5) is 10.2 Å². The number of nitriles is 1. The molecule has 0 unspecified atom stereocenters. The first-order valence-corrected chi connectivity index (χ1v) is 13.7. The third kappa shape index (κ3) is 5.27. The van der Waals surface area contributed by atoms with Gasteiger partial charge in [-0.2, -0.15) is 5.26 Å². The van der Waals surface area contributed by atoms with Crippen LogP contribution in [0.2, 0.25) is 0 Å². The van der Waals surface area contributed by atoms with Gasteiger partial charge in [0.1, 0.15) is 23.2 Å². The number of pyridine rings is 1. The van der Waals surface area contributed by atoms with Crippen molar-refractivity contribution in [3.05, 3.63) is 106 Å². The van der Waals surface area contributed by atoms with Gasteiger partial charge < -0.3 is 19.4 Å². The van der Waals surface area contributed by atoms with Crippen LogP contribution in [0, 0.1) is 17.1 Å². The summed E-state index contributed by atoms with van der Waals surface area (Å²) in [6, 6.07) is 21.8. The van der Waals surface area contributed by atoms with Gasteiger partial charge in [-0.3, -0.25) is 0 Å². The third-order valence-corrected chi connectivity index (χ3v) is 7.56. The summed E-state index contributed by atoms with van der Waals surface area (Å²) >= 11 is 0. The first-order valence-electron chi connectivity index (χ1n) is 13.7. The first-order chi connectivity index (χ1) is 20.4. The van der Waals surface area contributed by atoms with Gasteiger partial charge in [-0.05, 0) is 78.6 Å². The van der Waals surface area contributed by atoms with Crippen molar-refractivity contribution in [3.8, 4) is 23.1 Å². The Morgan fingerprint density at radius 3 is 2.83 bits per heavy atom. The Balaban J connectivity index is 1.38. The van der Waals surface area contributed by atoms with E-state index in [0.29, 0.717) is 71.3 Å². The van der Waals surface area contributed by atoms with Crippen LogP contribution in [0.1, 0.15) is 44.9 Å². The van der Waals surface area contributed by atoms with Gasteiger partial charge in [-0.1, -0.05) is 12.1 Å². The zero-order chi connectivity index (χ0) is 29.2. The van der Waals surface area contributed by atoms with Crippen LogP contribution < -0.4 is 10.1 Å². The number of rotatable bonds is 3. The molecular formula is C33H28FN5O3. The molecule has 210 valence electrons. The smallest absolute Gasteiger partial charge is 0.337 e. The van der Waals surface area contributed by atoms with E-state index in [1.165, 1.54) is 13.2 Å². The molecule has 0 radical (unpaired) electrons. The van der Waals surface area contributed by atoms with Crippen molar-refractivity contribution in [1.29, 1.82) is 5.26 Å². The van der Waals surface area contributed by atoms with E-state index in [0.717, 1.165) is 28.6 Å². The first kappa shape index (κ1) is 27.0. The quantitative estimate of drug-likeness (QED) is 0.271. The molecule has 0 fully saturated rings. The molecule has 2 aromatic heterocycles. The average molecular weight is 562 g/mol. The molecule has 9 heteroatoms. The predicted molar refractivity (Wildman–Crippen MR) is 157 cm³/mol. The molecule has 1 N–H and O–H groups in total. The van der Waals surface area contributed by atoms with Gasteiger partial charge >= 0.3 is 5.97 Å². The molecule has 1 aliphatic heterocycles. The number of fused-ring (bicyclic) bond motifs is 7. The Bertz CT molecular complexity index is 1870.